The first-order chi connectivity index (χ1) is 14.2. The normalized spacial score (nSPS) is 11.5. The molecule has 1 heterocycles. The van der Waals surface area contributed by atoms with Crippen molar-refractivity contribution >= 4 is 44.3 Å². The Kier molecular flexibility index (Phi) is 6.62. The van der Waals surface area contributed by atoms with Gasteiger partial charge < -0.3 is 14.0 Å². The Hall–Kier alpha value is -2.65. The molecule has 0 saturated carbocycles. The topological polar surface area (TPSA) is 86.6 Å². The number of ether oxygens (including phenoxy) is 2. The molecule has 0 bridgehead atoms. The maximum Gasteiger partial charge on any atom is 0.325 e. The molecule has 1 aromatic heterocycles. The van der Waals surface area contributed by atoms with Gasteiger partial charge in [-0.05, 0) is 56.3 Å². The van der Waals surface area contributed by atoms with Crippen molar-refractivity contribution in [2.75, 3.05) is 24.7 Å². The van der Waals surface area contributed by atoms with E-state index in [-0.39, 0.29) is 12.5 Å². The summed E-state index contributed by atoms with van der Waals surface area (Å²) in [5.41, 5.74) is 2.20. The predicted molar refractivity (Wildman–Crippen MR) is 119 cm³/mol. The molecule has 0 unspecified atom stereocenters. The molecule has 7 nitrogen and oxygen atoms in total. The molecule has 3 aromatic rings. The van der Waals surface area contributed by atoms with E-state index in [0.29, 0.717) is 12.3 Å². The summed E-state index contributed by atoms with van der Waals surface area (Å²) in [6.07, 6.45) is 1.11. The minimum absolute atomic E-state index is 0.0815. The number of nitrogens with one attached hydrogen (secondary N) is 1. The molecular formula is C21H24N2O5S2. The van der Waals surface area contributed by atoms with E-state index in [2.05, 4.69) is 4.72 Å². The summed E-state index contributed by atoms with van der Waals surface area (Å²) < 4.78 is 38.1. The monoisotopic (exact) mass is 448 g/mol. The summed E-state index contributed by atoms with van der Waals surface area (Å²) >= 11 is 1.55. The van der Waals surface area contributed by atoms with Gasteiger partial charge in [-0.3, -0.25) is 9.52 Å². The molecule has 0 aliphatic carbocycles. The third-order valence-electron chi connectivity index (χ3n) is 4.44. The van der Waals surface area contributed by atoms with Crippen molar-refractivity contribution in [2.24, 2.45) is 0 Å². The average molecular weight is 449 g/mol. The van der Waals surface area contributed by atoms with Crippen LogP contribution in [0.1, 0.15) is 12.6 Å². The minimum atomic E-state index is -3.41. The lowest BCUT2D eigenvalue weighted by Crippen LogP contribution is -2.14. The number of carbonyl (C=O) groups excluding carboxylic acids is 1. The van der Waals surface area contributed by atoms with Crippen LogP contribution in [-0.4, -0.2) is 38.9 Å². The lowest BCUT2D eigenvalue weighted by Gasteiger charge is -2.08. The van der Waals surface area contributed by atoms with Crippen molar-refractivity contribution < 1.29 is 22.7 Å². The molecule has 3 rings (SSSR count). The van der Waals surface area contributed by atoms with Gasteiger partial charge in [0.15, 0.2) is 0 Å². The van der Waals surface area contributed by atoms with Gasteiger partial charge in [-0.25, -0.2) is 8.42 Å². The number of benzene rings is 2. The highest BCUT2D eigenvalue weighted by Crippen LogP contribution is 2.39. The fraction of sp³-hybridized carbons (Fsp3) is 0.286. The summed E-state index contributed by atoms with van der Waals surface area (Å²) in [6, 6.07) is 13.0. The van der Waals surface area contributed by atoms with Crippen LogP contribution in [0.25, 0.3) is 10.9 Å². The quantitative estimate of drug-likeness (QED) is 0.523. The summed E-state index contributed by atoms with van der Waals surface area (Å²) in [6.45, 7) is 4.10. The number of rotatable bonds is 8. The number of methoxy groups -OCH3 is 1. The average Bonchev–Trinajstić information content (AvgIpc) is 2.93. The number of nitrogens with zero attached hydrogens (tertiary/aromatic N) is 1. The fourth-order valence-electron chi connectivity index (χ4n) is 3.16. The molecular weight excluding hydrogens is 424 g/mol. The van der Waals surface area contributed by atoms with Crippen LogP contribution in [0, 0.1) is 6.92 Å². The van der Waals surface area contributed by atoms with Crippen molar-refractivity contribution in [1.82, 2.24) is 4.57 Å². The Morgan fingerprint density at radius 1 is 1.17 bits per heavy atom. The van der Waals surface area contributed by atoms with Crippen molar-refractivity contribution in [3.8, 4) is 5.75 Å². The number of anilines is 1. The zero-order valence-electron chi connectivity index (χ0n) is 17.3. The smallest absolute Gasteiger partial charge is 0.325 e. The second-order valence-electron chi connectivity index (χ2n) is 6.69. The number of hydrogen-bond acceptors (Lipinski definition) is 6. The lowest BCUT2D eigenvalue weighted by atomic mass is 10.2. The molecule has 0 aliphatic rings. The molecule has 9 heteroatoms. The number of fused-ring (bicyclic) bond motifs is 1. The standard InChI is InChI=1S/C21H24N2O5S2/c1-5-28-20(24)13-23-14(2)21(29-17-9-7-16(27-3)8-10-17)18-12-15(6-11-19(18)23)22-30(4,25)26/h6-12,22H,5,13H2,1-4H3. The Bertz CT molecular complexity index is 1170. The zero-order chi connectivity index (χ0) is 21.9. The molecule has 1 N–H and O–H groups in total. The number of sulfonamides is 1. The van der Waals surface area contributed by atoms with Gasteiger partial charge in [0.05, 0.1) is 25.5 Å². The molecule has 30 heavy (non-hydrogen) atoms. The summed E-state index contributed by atoms with van der Waals surface area (Å²) in [4.78, 5) is 14.1. The van der Waals surface area contributed by atoms with Gasteiger partial charge in [-0.2, -0.15) is 0 Å². The molecule has 160 valence electrons. The molecule has 0 atom stereocenters. The van der Waals surface area contributed by atoms with E-state index in [1.807, 2.05) is 41.8 Å². The molecule has 0 saturated heterocycles. The molecule has 0 aliphatic heterocycles. The molecule has 0 spiro atoms. The van der Waals surface area contributed by atoms with Crippen LogP contribution >= 0.6 is 11.8 Å². The van der Waals surface area contributed by atoms with E-state index in [9.17, 15) is 13.2 Å². The lowest BCUT2D eigenvalue weighted by molar-refractivity contribution is -0.143. The van der Waals surface area contributed by atoms with Crippen LogP contribution in [0.5, 0.6) is 5.75 Å². The number of carbonyl (C=O) groups is 1. The van der Waals surface area contributed by atoms with Gasteiger partial charge in [0.1, 0.15) is 12.3 Å². The van der Waals surface area contributed by atoms with Gasteiger partial charge in [-0.1, -0.05) is 11.8 Å². The van der Waals surface area contributed by atoms with E-state index >= 15 is 0 Å². The van der Waals surface area contributed by atoms with Crippen molar-refractivity contribution in [3.05, 3.63) is 48.2 Å². The highest BCUT2D eigenvalue weighted by Gasteiger charge is 2.19. The van der Waals surface area contributed by atoms with Crippen LogP contribution in [-0.2, 0) is 26.1 Å². The molecule has 2 aromatic carbocycles. The van der Waals surface area contributed by atoms with Crippen molar-refractivity contribution in [3.63, 3.8) is 0 Å². The SMILES string of the molecule is CCOC(=O)Cn1c(C)c(Sc2ccc(OC)cc2)c2cc(NS(C)(=O)=O)ccc21. The molecule has 0 fully saturated rings. The second kappa shape index (κ2) is 9.01. The maximum absolute atomic E-state index is 12.1. The van der Waals surface area contributed by atoms with Crippen LogP contribution < -0.4 is 9.46 Å². The first-order valence-corrected chi connectivity index (χ1v) is 12.0. The first kappa shape index (κ1) is 22.0. The van der Waals surface area contributed by atoms with E-state index in [4.69, 9.17) is 9.47 Å². The largest absolute Gasteiger partial charge is 0.497 e. The third-order valence-corrected chi connectivity index (χ3v) is 6.27. The van der Waals surface area contributed by atoms with Gasteiger partial charge in [0, 0.05) is 26.6 Å². The molecule has 0 amide bonds. The molecule has 0 radical (unpaired) electrons. The summed E-state index contributed by atoms with van der Waals surface area (Å²) in [7, 11) is -1.79. The van der Waals surface area contributed by atoms with E-state index in [0.717, 1.165) is 38.4 Å². The zero-order valence-corrected chi connectivity index (χ0v) is 18.9. The Labute approximate surface area is 180 Å². The fourth-order valence-corrected chi connectivity index (χ4v) is 4.75. The van der Waals surface area contributed by atoms with Crippen molar-refractivity contribution in [1.29, 1.82) is 0 Å². The number of aromatic nitrogens is 1. The van der Waals surface area contributed by atoms with Crippen molar-refractivity contribution in [2.45, 2.75) is 30.2 Å². The second-order valence-corrected chi connectivity index (χ2v) is 9.52. The first-order valence-electron chi connectivity index (χ1n) is 9.30. The number of hydrogen-bond donors (Lipinski definition) is 1. The van der Waals surface area contributed by atoms with Gasteiger partial charge in [-0.15, -0.1) is 0 Å². The Balaban J connectivity index is 2.09. The van der Waals surface area contributed by atoms with E-state index in [1.165, 1.54) is 0 Å². The van der Waals surface area contributed by atoms with E-state index in [1.54, 1.807) is 37.9 Å². The van der Waals surface area contributed by atoms with Gasteiger partial charge >= 0.3 is 5.97 Å². The Morgan fingerprint density at radius 3 is 2.47 bits per heavy atom. The number of esters is 1. The summed E-state index contributed by atoms with van der Waals surface area (Å²) in [5.74, 6) is 0.442. The minimum Gasteiger partial charge on any atom is -0.497 e. The third kappa shape index (κ3) is 5.09. The Morgan fingerprint density at radius 2 is 1.87 bits per heavy atom. The van der Waals surface area contributed by atoms with E-state index < -0.39 is 10.0 Å². The van der Waals surface area contributed by atoms with Gasteiger partial charge in [0.2, 0.25) is 10.0 Å². The summed E-state index contributed by atoms with van der Waals surface area (Å²) in [5, 5.41) is 0.853. The maximum atomic E-state index is 12.1. The predicted octanol–water partition coefficient (Wildman–Crippen LogP) is 4.04. The highest BCUT2D eigenvalue weighted by molar-refractivity contribution is 7.99. The van der Waals surface area contributed by atoms with Gasteiger partial charge in [0.25, 0.3) is 0 Å². The van der Waals surface area contributed by atoms with Crippen LogP contribution in [0.4, 0.5) is 5.69 Å². The van der Waals surface area contributed by atoms with Crippen LogP contribution in [0.2, 0.25) is 0 Å². The van der Waals surface area contributed by atoms with Crippen LogP contribution in [0.15, 0.2) is 52.3 Å². The van der Waals surface area contributed by atoms with Crippen LogP contribution in [0.3, 0.4) is 0 Å². The highest BCUT2D eigenvalue weighted by atomic mass is 32.2.